The van der Waals surface area contributed by atoms with Gasteiger partial charge in [0.05, 0.1) is 11.8 Å². The number of nitrogen functional groups attached to an aromatic ring is 1. The van der Waals surface area contributed by atoms with Crippen molar-refractivity contribution in [1.29, 1.82) is 0 Å². The highest BCUT2D eigenvalue weighted by Crippen LogP contribution is 2.43. The molecule has 0 radical (unpaired) electrons. The minimum atomic E-state index is -3.85. The van der Waals surface area contributed by atoms with Crippen molar-refractivity contribution < 1.29 is 17.5 Å². The Bertz CT molecular complexity index is 616. The summed E-state index contributed by atoms with van der Waals surface area (Å²) in [4.78, 5) is -0.228. The highest BCUT2D eigenvalue weighted by atomic mass is 32.2. The summed E-state index contributed by atoms with van der Waals surface area (Å²) in [5, 5.41) is 0. The monoisotopic (exact) mass is 302 g/mol. The lowest BCUT2D eigenvalue weighted by Gasteiger charge is -2.50. The molecule has 0 saturated heterocycles. The fourth-order valence-electron chi connectivity index (χ4n) is 2.49. The smallest absolute Gasteiger partial charge is 0.242 e. The molecule has 3 N–H and O–H groups in total. The Morgan fingerprint density at radius 3 is 2.65 bits per heavy atom. The second-order valence-corrected chi connectivity index (χ2v) is 7.29. The molecule has 5 nitrogen and oxygen atoms in total. The maximum Gasteiger partial charge on any atom is 0.242 e. The standard InChI is InChI=1S/C13H19FN2O3S/c1-13(2)10(7-11(13)19-3)16-20(17,18)9-6-4-5-8(14)12(9)15/h4-6,10-11,16H,7,15H2,1-3H3. The number of anilines is 1. The number of rotatable bonds is 4. The lowest BCUT2D eigenvalue weighted by molar-refractivity contribution is -0.0908. The van der Waals surface area contributed by atoms with E-state index in [1.54, 1.807) is 7.11 Å². The molecule has 112 valence electrons. The van der Waals surface area contributed by atoms with Crippen LogP contribution >= 0.6 is 0 Å². The molecule has 1 fully saturated rings. The van der Waals surface area contributed by atoms with E-state index < -0.39 is 15.8 Å². The van der Waals surface area contributed by atoms with E-state index in [0.717, 1.165) is 6.07 Å². The quantitative estimate of drug-likeness (QED) is 0.826. The van der Waals surface area contributed by atoms with Gasteiger partial charge in [0.15, 0.2) is 0 Å². The predicted molar refractivity (Wildman–Crippen MR) is 74.1 cm³/mol. The summed E-state index contributed by atoms with van der Waals surface area (Å²) in [5.74, 6) is -0.740. The molecule has 0 spiro atoms. The summed E-state index contributed by atoms with van der Waals surface area (Å²) in [6.45, 7) is 3.85. The lowest BCUT2D eigenvalue weighted by Crippen LogP contribution is -2.61. The number of hydrogen-bond donors (Lipinski definition) is 2. The van der Waals surface area contributed by atoms with Crippen molar-refractivity contribution in [3.05, 3.63) is 24.0 Å². The van der Waals surface area contributed by atoms with Gasteiger partial charge in [-0.1, -0.05) is 19.9 Å². The van der Waals surface area contributed by atoms with E-state index in [2.05, 4.69) is 4.72 Å². The molecule has 0 heterocycles. The maximum atomic E-state index is 13.4. The Balaban J connectivity index is 2.23. The van der Waals surface area contributed by atoms with Crippen molar-refractivity contribution in [2.75, 3.05) is 12.8 Å². The van der Waals surface area contributed by atoms with Crippen molar-refractivity contribution in [3.63, 3.8) is 0 Å². The average molecular weight is 302 g/mol. The zero-order valence-electron chi connectivity index (χ0n) is 11.7. The third-order valence-corrected chi connectivity index (χ3v) is 5.59. The number of benzene rings is 1. The van der Waals surface area contributed by atoms with E-state index in [1.165, 1.54) is 12.1 Å². The van der Waals surface area contributed by atoms with Crippen molar-refractivity contribution in [2.45, 2.75) is 37.3 Å². The SMILES string of the molecule is COC1CC(NS(=O)(=O)c2cccc(F)c2N)C1(C)C. The molecular weight excluding hydrogens is 283 g/mol. The first-order valence-corrected chi connectivity index (χ1v) is 7.77. The van der Waals surface area contributed by atoms with Gasteiger partial charge in [-0.05, 0) is 18.6 Å². The largest absolute Gasteiger partial charge is 0.395 e. The van der Waals surface area contributed by atoms with Gasteiger partial charge in [-0.2, -0.15) is 0 Å². The van der Waals surface area contributed by atoms with Crippen molar-refractivity contribution in [2.24, 2.45) is 5.41 Å². The third-order valence-electron chi connectivity index (χ3n) is 4.06. The van der Waals surface area contributed by atoms with Gasteiger partial charge >= 0.3 is 0 Å². The van der Waals surface area contributed by atoms with Gasteiger partial charge in [0.2, 0.25) is 10.0 Å². The van der Waals surface area contributed by atoms with E-state index in [-0.39, 0.29) is 28.1 Å². The number of methoxy groups -OCH3 is 1. The Morgan fingerprint density at radius 2 is 2.10 bits per heavy atom. The molecule has 0 aliphatic heterocycles. The van der Waals surface area contributed by atoms with Gasteiger partial charge in [-0.15, -0.1) is 0 Å². The zero-order valence-corrected chi connectivity index (χ0v) is 12.5. The Hall–Kier alpha value is -1.18. The fraction of sp³-hybridized carbons (Fsp3) is 0.538. The van der Waals surface area contributed by atoms with Gasteiger partial charge in [0.25, 0.3) is 0 Å². The summed E-state index contributed by atoms with van der Waals surface area (Å²) in [6, 6.07) is 3.48. The van der Waals surface area contributed by atoms with E-state index in [0.29, 0.717) is 6.42 Å². The van der Waals surface area contributed by atoms with E-state index >= 15 is 0 Å². The van der Waals surface area contributed by atoms with Gasteiger partial charge in [-0.25, -0.2) is 17.5 Å². The molecule has 0 bridgehead atoms. The van der Waals surface area contributed by atoms with Crippen LogP contribution in [0.5, 0.6) is 0 Å². The Kier molecular flexibility index (Phi) is 3.79. The first-order valence-electron chi connectivity index (χ1n) is 6.29. The molecule has 2 atom stereocenters. The first-order chi connectivity index (χ1) is 9.20. The number of para-hydroxylation sites is 1. The van der Waals surface area contributed by atoms with Crippen molar-refractivity contribution in [3.8, 4) is 0 Å². The Morgan fingerprint density at radius 1 is 1.45 bits per heavy atom. The Labute approximate surface area is 118 Å². The second-order valence-electron chi connectivity index (χ2n) is 5.61. The van der Waals surface area contributed by atoms with Crippen LogP contribution in [0.15, 0.2) is 23.1 Å². The zero-order chi connectivity index (χ0) is 15.1. The van der Waals surface area contributed by atoms with Crippen LogP contribution in [0.1, 0.15) is 20.3 Å². The highest BCUT2D eigenvalue weighted by Gasteiger charge is 2.50. The fourth-order valence-corrected chi connectivity index (χ4v) is 4.03. The first kappa shape index (κ1) is 15.2. The molecule has 20 heavy (non-hydrogen) atoms. The minimum absolute atomic E-state index is 0.0000522. The molecule has 7 heteroatoms. The third kappa shape index (κ3) is 2.41. The van der Waals surface area contributed by atoms with Crippen LogP contribution in [0.4, 0.5) is 10.1 Å². The normalized spacial score (nSPS) is 25.2. The lowest BCUT2D eigenvalue weighted by atomic mass is 9.65. The summed E-state index contributed by atoms with van der Waals surface area (Å²) in [6.07, 6.45) is 0.581. The second kappa shape index (κ2) is 4.98. The summed E-state index contributed by atoms with van der Waals surface area (Å²) in [7, 11) is -2.25. The van der Waals surface area contributed by atoms with Crippen LogP contribution in [0.2, 0.25) is 0 Å². The topological polar surface area (TPSA) is 81.4 Å². The molecule has 0 amide bonds. The minimum Gasteiger partial charge on any atom is -0.395 e. The predicted octanol–water partition coefficient (Wildman–Crippen LogP) is 1.50. The van der Waals surface area contributed by atoms with Gasteiger partial charge in [-0.3, -0.25) is 0 Å². The summed E-state index contributed by atoms with van der Waals surface area (Å²) in [5.41, 5.74) is 4.83. The van der Waals surface area contributed by atoms with E-state index in [1.807, 2.05) is 13.8 Å². The van der Waals surface area contributed by atoms with Crippen LogP contribution < -0.4 is 10.5 Å². The molecular formula is C13H19FN2O3S. The van der Waals surface area contributed by atoms with Gasteiger partial charge < -0.3 is 10.5 Å². The van der Waals surface area contributed by atoms with Gasteiger partial charge in [0.1, 0.15) is 10.7 Å². The number of ether oxygens (including phenoxy) is 1. The number of nitrogens with two attached hydrogens (primary N) is 1. The molecule has 2 unspecified atom stereocenters. The van der Waals surface area contributed by atoms with Crippen LogP contribution in [-0.2, 0) is 14.8 Å². The molecule has 1 aliphatic carbocycles. The van der Waals surface area contributed by atoms with E-state index in [4.69, 9.17) is 10.5 Å². The van der Waals surface area contributed by atoms with Crippen LogP contribution in [0.3, 0.4) is 0 Å². The maximum absolute atomic E-state index is 13.4. The number of hydrogen-bond acceptors (Lipinski definition) is 4. The molecule has 1 saturated carbocycles. The van der Waals surface area contributed by atoms with E-state index in [9.17, 15) is 12.8 Å². The molecule has 0 aromatic heterocycles. The average Bonchev–Trinajstić information content (AvgIpc) is 2.37. The molecule has 1 aromatic rings. The van der Waals surface area contributed by atoms with Gasteiger partial charge in [0, 0.05) is 18.6 Å². The number of sulfonamides is 1. The summed E-state index contributed by atoms with van der Waals surface area (Å²) >= 11 is 0. The van der Waals surface area contributed by atoms with Crippen LogP contribution in [-0.4, -0.2) is 27.7 Å². The summed E-state index contributed by atoms with van der Waals surface area (Å²) < 4.78 is 45.8. The molecule has 1 aliphatic rings. The number of halogens is 1. The van der Waals surface area contributed by atoms with Crippen LogP contribution in [0, 0.1) is 11.2 Å². The van der Waals surface area contributed by atoms with Crippen LogP contribution in [0.25, 0.3) is 0 Å². The highest BCUT2D eigenvalue weighted by molar-refractivity contribution is 7.89. The number of nitrogens with one attached hydrogen (secondary N) is 1. The van der Waals surface area contributed by atoms with Crippen molar-refractivity contribution >= 4 is 15.7 Å². The molecule has 1 aromatic carbocycles. The van der Waals surface area contributed by atoms with Crippen molar-refractivity contribution in [1.82, 2.24) is 4.72 Å². The molecule has 2 rings (SSSR count).